The highest BCUT2D eigenvalue weighted by Crippen LogP contribution is 2.11. The van der Waals surface area contributed by atoms with Crippen LogP contribution in [0.5, 0.6) is 5.75 Å². The van der Waals surface area contributed by atoms with E-state index in [-0.39, 0.29) is 12.2 Å². The zero-order valence-corrected chi connectivity index (χ0v) is 11.4. The lowest BCUT2D eigenvalue weighted by molar-refractivity contribution is -0.142. The predicted molar refractivity (Wildman–Crippen MR) is 74.3 cm³/mol. The maximum absolute atomic E-state index is 11.8. The second kappa shape index (κ2) is 7.49. The average Bonchev–Trinajstić information content (AvgIpc) is 2.40. The number of amides is 1. The fourth-order valence-corrected chi connectivity index (χ4v) is 1.79. The van der Waals surface area contributed by atoms with Crippen molar-refractivity contribution in [2.75, 3.05) is 0 Å². The number of phenolic OH excluding ortho intramolecular Hbond substituents is 1. The molecule has 0 aliphatic carbocycles. The third-order valence-corrected chi connectivity index (χ3v) is 2.93. The number of rotatable bonds is 7. The van der Waals surface area contributed by atoms with Crippen LogP contribution in [0.3, 0.4) is 0 Å². The van der Waals surface area contributed by atoms with Gasteiger partial charge in [0, 0.05) is 6.42 Å². The molecule has 0 saturated heterocycles. The number of nitrogens with one attached hydrogen (secondary N) is 1. The molecule has 0 aromatic heterocycles. The van der Waals surface area contributed by atoms with Gasteiger partial charge in [0.25, 0.3) is 0 Å². The molecule has 0 spiro atoms. The highest BCUT2D eigenvalue weighted by molar-refractivity contribution is 5.86. The fourth-order valence-electron chi connectivity index (χ4n) is 1.79. The summed E-state index contributed by atoms with van der Waals surface area (Å²) in [5, 5.41) is 20.8. The first-order chi connectivity index (χ1) is 9.43. The summed E-state index contributed by atoms with van der Waals surface area (Å²) in [7, 11) is 0. The Balaban J connectivity index is 2.67. The van der Waals surface area contributed by atoms with E-state index in [1.807, 2.05) is 6.92 Å². The number of nitrogens with two attached hydrogens (primary N) is 1. The number of aliphatic carboxylic acids is 1. The van der Waals surface area contributed by atoms with Gasteiger partial charge in [0.15, 0.2) is 0 Å². The van der Waals surface area contributed by atoms with E-state index in [0.717, 1.165) is 6.42 Å². The van der Waals surface area contributed by atoms with Crippen molar-refractivity contribution in [1.82, 2.24) is 5.32 Å². The third-order valence-electron chi connectivity index (χ3n) is 2.93. The molecule has 20 heavy (non-hydrogen) atoms. The first-order valence-corrected chi connectivity index (χ1v) is 6.50. The number of hydrogen-bond donors (Lipinski definition) is 4. The summed E-state index contributed by atoms with van der Waals surface area (Å²) in [6, 6.07) is 4.45. The minimum atomic E-state index is -1.12. The van der Waals surface area contributed by atoms with E-state index in [9.17, 15) is 14.7 Å². The van der Waals surface area contributed by atoms with Crippen molar-refractivity contribution in [3.8, 4) is 5.75 Å². The Hall–Kier alpha value is -2.08. The van der Waals surface area contributed by atoms with Crippen molar-refractivity contribution in [2.45, 2.75) is 38.3 Å². The quantitative estimate of drug-likeness (QED) is 0.585. The van der Waals surface area contributed by atoms with Gasteiger partial charge >= 0.3 is 5.97 Å². The van der Waals surface area contributed by atoms with Crippen LogP contribution >= 0.6 is 0 Å². The smallest absolute Gasteiger partial charge is 0.326 e. The molecule has 0 bridgehead atoms. The maximum atomic E-state index is 11.8. The molecule has 6 nitrogen and oxygen atoms in total. The topological polar surface area (TPSA) is 113 Å². The molecule has 1 aromatic rings. The molecule has 2 atom stereocenters. The predicted octanol–water partition coefficient (Wildman–Crippen LogP) is 0.631. The lowest BCUT2D eigenvalue weighted by Crippen LogP contribution is -2.49. The summed E-state index contributed by atoms with van der Waals surface area (Å²) in [5.41, 5.74) is 6.36. The number of carboxylic acid groups (broad SMARTS) is 1. The van der Waals surface area contributed by atoms with Gasteiger partial charge in [-0.25, -0.2) is 4.79 Å². The van der Waals surface area contributed by atoms with Crippen LogP contribution in [0.2, 0.25) is 0 Å². The van der Waals surface area contributed by atoms with Crippen LogP contribution in [-0.2, 0) is 16.0 Å². The van der Waals surface area contributed by atoms with Crippen LogP contribution in [-0.4, -0.2) is 34.2 Å². The zero-order valence-electron chi connectivity index (χ0n) is 11.4. The Morgan fingerprint density at radius 3 is 2.40 bits per heavy atom. The van der Waals surface area contributed by atoms with E-state index in [2.05, 4.69) is 5.32 Å². The highest BCUT2D eigenvalue weighted by atomic mass is 16.4. The summed E-state index contributed by atoms with van der Waals surface area (Å²) in [4.78, 5) is 22.9. The first kappa shape index (κ1) is 16.0. The minimum Gasteiger partial charge on any atom is -0.508 e. The Labute approximate surface area is 117 Å². The molecular formula is C14H20N2O4. The Morgan fingerprint density at radius 1 is 1.30 bits per heavy atom. The van der Waals surface area contributed by atoms with E-state index < -0.39 is 24.0 Å². The third kappa shape index (κ3) is 4.89. The monoisotopic (exact) mass is 280 g/mol. The number of benzene rings is 1. The first-order valence-electron chi connectivity index (χ1n) is 6.50. The Bertz CT molecular complexity index is 459. The van der Waals surface area contributed by atoms with Crippen LogP contribution in [0.15, 0.2) is 24.3 Å². The van der Waals surface area contributed by atoms with E-state index >= 15 is 0 Å². The normalized spacial score (nSPS) is 13.5. The lowest BCUT2D eigenvalue weighted by atomic mass is 10.0. The van der Waals surface area contributed by atoms with Crippen molar-refractivity contribution >= 4 is 11.9 Å². The fraction of sp³-hybridized carbons (Fsp3) is 0.429. The van der Waals surface area contributed by atoms with Crippen molar-refractivity contribution < 1.29 is 19.8 Å². The maximum Gasteiger partial charge on any atom is 0.326 e. The Kier molecular flexibility index (Phi) is 5.99. The standard InChI is InChI=1S/C14H20N2O4/c1-2-3-11(15)13(18)16-12(14(19)20)8-9-4-6-10(17)7-5-9/h4-7,11-12,17H,2-3,8,15H2,1H3,(H,16,18)(H,19,20)/t11?,12-/m0/s1. The van der Waals surface area contributed by atoms with Gasteiger partial charge in [0.05, 0.1) is 6.04 Å². The van der Waals surface area contributed by atoms with Crippen LogP contribution in [0.25, 0.3) is 0 Å². The van der Waals surface area contributed by atoms with E-state index in [1.54, 1.807) is 12.1 Å². The number of phenols is 1. The SMILES string of the molecule is CCCC(N)C(=O)N[C@@H](Cc1ccc(O)cc1)C(=O)O. The molecule has 5 N–H and O–H groups in total. The molecule has 110 valence electrons. The van der Waals surface area contributed by atoms with Gasteiger partial charge in [-0.3, -0.25) is 4.79 Å². The van der Waals surface area contributed by atoms with Crippen molar-refractivity contribution in [3.05, 3.63) is 29.8 Å². The van der Waals surface area contributed by atoms with Crippen LogP contribution in [0.4, 0.5) is 0 Å². The number of aromatic hydroxyl groups is 1. The van der Waals surface area contributed by atoms with Crippen molar-refractivity contribution in [1.29, 1.82) is 0 Å². The number of carbonyl (C=O) groups is 2. The molecule has 0 aliphatic rings. The van der Waals surface area contributed by atoms with Crippen LogP contribution in [0.1, 0.15) is 25.3 Å². The van der Waals surface area contributed by atoms with Crippen LogP contribution in [0, 0.1) is 0 Å². The largest absolute Gasteiger partial charge is 0.508 e. The summed E-state index contributed by atoms with van der Waals surface area (Å²) in [6.07, 6.45) is 1.40. The number of carboxylic acids is 1. The number of hydrogen-bond acceptors (Lipinski definition) is 4. The van der Waals surface area contributed by atoms with Gasteiger partial charge in [-0.1, -0.05) is 25.5 Å². The van der Waals surface area contributed by atoms with Gasteiger partial charge in [0.2, 0.25) is 5.91 Å². The summed E-state index contributed by atoms with van der Waals surface area (Å²) >= 11 is 0. The second-order valence-electron chi connectivity index (χ2n) is 4.67. The van der Waals surface area contributed by atoms with E-state index in [1.165, 1.54) is 12.1 Å². The molecule has 0 heterocycles. The molecule has 0 fully saturated rings. The van der Waals surface area contributed by atoms with Gasteiger partial charge in [-0.2, -0.15) is 0 Å². The van der Waals surface area contributed by atoms with E-state index in [4.69, 9.17) is 10.8 Å². The highest BCUT2D eigenvalue weighted by Gasteiger charge is 2.23. The van der Waals surface area contributed by atoms with E-state index in [0.29, 0.717) is 12.0 Å². The zero-order chi connectivity index (χ0) is 15.1. The van der Waals surface area contributed by atoms with Gasteiger partial charge in [-0.05, 0) is 24.1 Å². The lowest BCUT2D eigenvalue weighted by Gasteiger charge is -2.17. The second-order valence-corrected chi connectivity index (χ2v) is 4.67. The van der Waals surface area contributed by atoms with Crippen LogP contribution < -0.4 is 11.1 Å². The molecule has 0 radical (unpaired) electrons. The van der Waals surface area contributed by atoms with Gasteiger partial charge in [0.1, 0.15) is 11.8 Å². The molecule has 1 amide bonds. The van der Waals surface area contributed by atoms with Gasteiger partial charge in [-0.15, -0.1) is 0 Å². The summed E-state index contributed by atoms with van der Waals surface area (Å²) < 4.78 is 0. The Morgan fingerprint density at radius 2 is 1.90 bits per heavy atom. The summed E-state index contributed by atoms with van der Waals surface area (Å²) in [5.74, 6) is -1.47. The molecule has 1 aromatic carbocycles. The molecule has 0 aliphatic heterocycles. The van der Waals surface area contributed by atoms with Gasteiger partial charge < -0.3 is 21.3 Å². The van der Waals surface area contributed by atoms with Crippen molar-refractivity contribution in [3.63, 3.8) is 0 Å². The summed E-state index contributed by atoms with van der Waals surface area (Å²) in [6.45, 7) is 1.90. The minimum absolute atomic E-state index is 0.106. The molecule has 1 unspecified atom stereocenters. The van der Waals surface area contributed by atoms with Crippen molar-refractivity contribution in [2.24, 2.45) is 5.73 Å². The molecular weight excluding hydrogens is 260 g/mol. The average molecular weight is 280 g/mol. The molecule has 0 saturated carbocycles. The number of carbonyl (C=O) groups excluding carboxylic acids is 1. The molecule has 6 heteroatoms. The molecule has 1 rings (SSSR count).